The molecule has 1 unspecified atom stereocenters. The van der Waals surface area contributed by atoms with Gasteiger partial charge in [0.15, 0.2) is 5.82 Å². The fourth-order valence-corrected chi connectivity index (χ4v) is 4.24. The number of nitrogens with one attached hydrogen (secondary N) is 3. The minimum Gasteiger partial charge on any atom is -0.351 e. The molecule has 3 heterocycles. The molecule has 3 N–H and O–H groups in total. The van der Waals surface area contributed by atoms with Crippen LogP contribution in [0.3, 0.4) is 0 Å². The van der Waals surface area contributed by atoms with E-state index in [1.807, 2.05) is 0 Å². The van der Waals surface area contributed by atoms with Crippen LogP contribution in [0.5, 0.6) is 0 Å². The number of hydrazine groups is 1. The zero-order valence-electron chi connectivity index (χ0n) is 14.3. The third-order valence-corrected chi connectivity index (χ3v) is 5.54. The predicted octanol–water partition coefficient (Wildman–Crippen LogP) is 3.73. The van der Waals surface area contributed by atoms with E-state index in [0.29, 0.717) is 12.1 Å². The largest absolute Gasteiger partial charge is 0.351 e. The molecule has 0 amide bonds. The summed E-state index contributed by atoms with van der Waals surface area (Å²) >= 11 is 0. The van der Waals surface area contributed by atoms with Crippen molar-refractivity contribution in [1.29, 1.82) is 0 Å². The summed E-state index contributed by atoms with van der Waals surface area (Å²) in [7, 11) is 0. The van der Waals surface area contributed by atoms with Crippen molar-refractivity contribution in [2.24, 2.45) is 0 Å². The van der Waals surface area contributed by atoms with Gasteiger partial charge in [0.1, 0.15) is 5.82 Å². The molecule has 2 aromatic rings. The molecule has 1 aromatic carbocycles. The van der Waals surface area contributed by atoms with Crippen LogP contribution in [0.25, 0.3) is 0 Å². The van der Waals surface area contributed by atoms with Crippen LogP contribution in [0.4, 0.5) is 23.3 Å². The molecule has 6 heteroatoms. The minimum absolute atomic E-state index is 0.300. The summed E-state index contributed by atoms with van der Waals surface area (Å²) in [5, 5.41) is 3.58. The van der Waals surface area contributed by atoms with E-state index in [0.717, 1.165) is 30.5 Å². The summed E-state index contributed by atoms with van der Waals surface area (Å²) in [6.45, 7) is 0.954. The number of aromatic nitrogens is 2. The summed E-state index contributed by atoms with van der Waals surface area (Å²) in [4.78, 5) is 12.0. The monoisotopic (exact) mass is 336 g/mol. The van der Waals surface area contributed by atoms with Gasteiger partial charge >= 0.3 is 0 Å². The highest BCUT2D eigenvalue weighted by Crippen LogP contribution is 2.43. The minimum atomic E-state index is 0.300. The molecule has 1 saturated carbocycles. The molecule has 1 atom stereocenters. The number of hydrogen-bond acceptors (Lipinski definition) is 6. The maximum atomic E-state index is 4.94. The Balaban J connectivity index is 1.52. The van der Waals surface area contributed by atoms with Gasteiger partial charge in [-0.2, -0.15) is 9.97 Å². The second-order valence-electron chi connectivity index (χ2n) is 7.21. The van der Waals surface area contributed by atoms with Crippen LogP contribution >= 0.6 is 0 Å². The Morgan fingerprint density at radius 2 is 1.84 bits per heavy atom. The van der Waals surface area contributed by atoms with E-state index >= 15 is 0 Å². The molecule has 6 nitrogen and oxygen atoms in total. The van der Waals surface area contributed by atoms with Crippen molar-refractivity contribution in [3.8, 4) is 0 Å². The van der Waals surface area contributed by atoms with E-state index in [2.05, 4.69) is 51.4 Å². The van der Waals surface area contributed by atoms with Crippen molar-refractivity contribution >= 4 is 23.3 Å². The van der Waals surface area contributed by atoms with E-state index < -0.39 is 0 Å². The number of anilines is 4. The number of rotatable bonds is 3. The molecule has 0 saturated heterocycles. The fourth-order valence-electron chi connectivity index (χ4n) is 4.24. The molecule has 0 radical (unpaired) electrons. The molecule has 0 spiro atoms. The highest BCUT2D eigenvalue weighted by atomic mass is 15.4. The van der Waals surface area contributed by atoms with Crippen LogP contribution < -0.4 is 21.1 Å². The van der Waals surface area contributed by atoms with E-state index in [9.17, 15) is 0 Å². The summed E-state index contributed by atoms with van der Waals surface area (Å²) in [6, 6.07) is 11.3. The van der Waals surface area contributed by atoms with Gasteiger partial charge in [-0.3, -0.25) is 0 Å². The Bertz CT molecular complexity index is 756. The van der Waals surface area contributed by atoms with E-state index in [-0.39, 0.29) is 0 Å². The Morgan fingerprint density at radius 1 is 1.00 bits per heavy atom. The normalized spacial score (nSPS) is 22.4. The van der Waals surface area contributed by atoms with Crippen molar-refractivity contribution in [3.63, 3.8) is 0 Å². The van der Waals surface area contributed by atoms with Gasteiger partial charge in [0.25, 0.3) is 0 Å². The van der Waals surface area contributed by atoms with Crippen LogP contribution in [-0.2, 0) is 0 Å². The van der Waals surface area contributed by atoms with Crippen LogP contribution in [0.1, 0.15) is 50.1 Å². The number of nitrogens with zero attached hydrogens (tertiary/aromatic N) is 3. The number of hydrogen-bond donors (Lipinski definition) is 3. The molecule has 1 aromatic heterocycles. The summed E-state index contributed by atoms with van der Waals surface area (Å²) < 4.78 is 0. The Hall–Kier alpha value is -2.34. The lowest BCUT2D eigenvalue weighted by Gasteiger charge is -2.32. The lowest BCUT2D eigenvalue weighted by Crippen LogP contribution is -2.31. The second-order valence-corrected chi connectivity index (χ2v) is 7.21. The van der Waals surface area contributed by atoms with Gasteiger partial charge in [-0.25, -0.2) is 5.43 Å². The standard InChI is InChI=1S/C19H24N6/c1-3-7-13(8-4-1)20-19-21-17-16-15(23-24-17)11-12-25(18(16)22-19)14-9-5-2-6-10-14/h2,5-6,9-10,13,15,23H,1,3-4,7-8,11-12H2,(H2,20,21,22,24). The second kappa shape index (κ2) is 6.19. The van der Waals surface area contributed by atoms with Crippen molar-refractivity contribution in [3.05, 3.63) is 35.9 Å². The lowest BCUT2D eigenvalue weighted by molar-refractivity contribution is 0.461. The average molecular weight is 336 g/mol. The molecule has 1 fully saturated rings. The van der Waals surface area contributed by atoms with Crippen LogP contribution in [0, 0.1) is 0 Å². The molecular formula is C19H24N6. The van der Waals surface area contributed by atoms with Crippen molar-refractivity contribution in [2.45, 2.75) is 50.6 Å². The van der Waals surface area contributed by atoms with Crippen LogP contribution in [-0.4, -0.2) is 22.6 Å². The van der Waals surface area contributed by atoms with Gasteiger partial charge in [0.2, 0.25) is 5.95 Å². The lowest BCUT2D eigenvalue weighted by atomic mass is 9.96. The van der Waals surface area contributed by atoms with Crippen molar-refractivity contribution in [2.75, 3.05) is 22.2 Å². The first-order valence-corrected chi connectivity index (χ1v) is 9.41. The summed E-state index contributed by atoms with van der Waals surface area (Å²) in [5.41, 5.74) is 9.01. The van der Waals surface area contributed by atoms with Gasteiger partial charge < -0.3 is 15.6 Å². The third-order valence-electron chi connectivity index (χ3n) is 5.54. The summed E-state index contributed by atoms with van der Waals surface area (Å²) in [5.74, 6) is 2.70. The average Bonchev–Trinajstić information content (AvgIpc) is 3.08. The van der Waals surface area contributed by atoms with E-state index in [4.69, 9.17) is 9.97 Å². The molecule has 2 aliphatic heterocycles. The van der Waals surface area contributed by atoms with Crippen molar-refractivity contribution in [1.82, 2.24) is 15.4 Å². The van der Waals surface area contributed by atoms with Gasteiger partial charge in [-0.05, 0) is 31.4 Å². The molecule has 5 rings (SSSR count). The zero-order valence-corrected chi connectivity index (χ0v) is 14.3. The van der Waals surface area contributed by atoms with Gasteiger partial charge in [-0.1, -0.05) is 37.5 Å². The number of benzene rings is 1. The molecule has 1 aliphatic carbocycles. The van der Waals surface area contributed by atoms with Crippen LogP contribution in [0.2, 0.25) is 0 Å². The van der Waals surface area contributed by atoms with Crippen molar-refractivity contribution < 1.29 is 0 Å². The molecule has 0 bridgehead atoms. The first kappa shape index (κ1) is 15.0. The van der Waals surface area contributed by atoms with Gasteiger partial charge in [0.05, 0.1) is 11.6 Å². The highest BCUT2D eigenvalue weighted by Gasteiger charge is 2.35. The smallest absolute Gasteiger partial charge is 0.226 e. The number of para-hydroxylation sites is 1. The molecule has 3 aliphatic rings. The molecule has 130 valence electrons. The van der Waals surface area contributed by atoms with E-state index in [1.54, 1.807) is 0 Å². The Labute approximate surface area is 148 Å². The maximum Gasteiger partial charge on any atom is 0.226 e. The maximum absolute atomic E-state index is 4.94. The topological polar surface area (TPSA) is 65.1 Å². The fraction of sp³-hybridized carbons (Fsp3) is 0.474. The molecular weight excluding hydrogens is 312 g/mol. The van der Waals surface area contributed by atoms with Gasteiger partial charge in [-0.15, -0.1) is 0 Å². The SMILES string of the molecule is c1ccc(N2CCC3NNc4nc(NC5CCCCC5)nc2c43)cc1. The van der Waals surface area contributed by atoms with Gasteiger partial charge in [0, 0.05) is 18.3 Å². The summed E-state index contributed by atoms with van der Waals surface area (Å²) in [6.07, 6.45) is 7.42. The van der Waals surface area contributed by atoms with Crippen LogP contribution in [0.15, 0.2) is 30.3 Å². The Kier molecular flexibility index (Phi) is 3.70. The molecule has 25 heavy (non-hydrogen) atoms. The van der Waals surface area contributed by atoms with E-state index in [1.165, 1.54) is 43.4 Å². The Morgan fingerprint density at radius 3 is 2.68 bits per heavy atom. The predicted molar refractivity (Wildman–Crippen MR) is 100 cm³/mol. The highest BCUT2D eigenvalue weighted by molar-refractivity contribution is 5.73. The quantitative estimate of drug-likeness (QED) is 0.794. The zero-order chi connectivity index (χ0) is 16.6. The first-order valence-electron chi connectivity index (χ1n) is 9.41. The first-order chi connectivity index (χ1) is 12.4. The third kappa shape index (κ3) is 2.70.